The maximum Gasteiger partial charge on any atom is 0.306 e. The highest BCUT2D eigenvalue weighted by molar-refractivity contribution is 5.71. The number of ether oxygens (including phenoxy) is 3. The van der Waals surface area contributed by atoms with E-state index in [1.807, 2.05) is 0 Å². The number of hydrogen-bond donors (Lipinski definition) is 0. The molecule has 0 amide bonds. The highest BCUT2D eigenvalue weighted by Gasteiger charge is 2.19. The van der Waals surface area contributed by atoms with Gasteiger partial charge in [-0.2, -0.15) is 0 Å². The molecule has 6 nitrogen and oxygen atoms in total. The van der Waals surface area contributed by atoms with Crippen molar-refractivity contribution in [2.24, 2.45) is 0 Å². The molecule has 0 aromatic rings. The number of carbonyl (C=O) groups is 3. The van der Waals surface area contributed by atoms with Gasteiger partial charge >= 0.3 is 17.9 Å². The summed E-state index contributed by atoms with van der Waals surface area (Å²) in [5.41, 5.74) is 0. The van der Waals surface area contributed by atoms with E-state index in [0.29, 0.717) is 19.3 Å². The van der Waals surface area contributed by atoms with E-state index in [2.05, 4.69) is 81.5 Å². The van der Waals surface area contributed by atoms with Crippen molar-refractivity contribution in [3.8, 4) is 0 Å². The quantitative estimate of drug-likeness (QED) is 0.0261. The molecule has 0 saturated carbocycles. The summed E-state index contributed by atoms with van der Waals surface area (Å²) in [7, 11) is 0. The average molecular weight is 1130 g/mol. The third-order valence-electron chi connectivity index (χ3n) is 16.0. The van der Waals surface area contributed by atoms with Crippen LogP contribution in [0, 0.1) is 0 Å². The van der Waals surface area contributed by atoms with Crippen molar-refractivity contribution in [2.75, 3.05) is 13.2 Å². The largest absolute Gasteiger partial charge is 0.462 e. The van der Waals surface area contributed by atoms with Crippen LogP contribution in [0.25, 0.3) is 0 Å². The second-order valence-electron chi connectivity index (χ2n) is 24.1. The Morgan fingerprint density at radius 3 is 0.753 bits per heavy atom. The van der Waals surface area contributed by atoms with Crippen LogP contribution in [-0.4, -0.2) is 37.2 Å². The van der Waals surface area contributed by atoms with Crippen LogP contribution in [0.1, 0.15) is 380 Å². The number of carbonyl (C=O) groups excluding carboxylic acids is 3. The predicted molar refractivity (Wildman–Crippen MR) is 353 cm³/mol. The van der Waals surface area contributed by atoms with E-state index in [9.17, 15) is 14.4 Å². The van der Waals surface area contributed by atoms with E-state index in [-0.39, 0.29) is 31.1 Å². The zero-order valence-electron chi connectivity index (χ0n) is 54.3. The van der Waals surface area contributed by atoms with E-state index >= 15 is 0 Å². The maximum atomic E-state index is 12.9. The van der Waals surface area contributed by atoms with E-state index < -0.39 is 6.10 Å². The Kier molecular flexibility index (Phi) is 67.1. The van der Waals surface area contributed by atoms with E-state index in [0.717, 1.165) is 96.3 Å². The summed E-state index contributed by atoms with van der Waals surface area (Å²) >= 11 is 0. The minimum Gasteiger partial charge on any atom is -0.462 e. The first-order chi connectivity index (χ1) is 40.0. The molecule has 0 aromatic carbocycles. The van der Waals surface area contributed by atoms with E-state index in [1.54, 1.807) is 0 Å². The van der Waals surface area contributed by atoms with Crippen LogP contribution in [0.3, 0.4) is 0 Å². The molecule has 81 heavy (non-hydrogen) atoms. The fourth-order valence-electron chi connectivity index (χ4n) is 10.7. The van der Waals surface area contributed by atoms with Gasteiger partial charge in [0.15, 0.2) is 6.10 Å². The van der Waals surface area contributed by atoms with E-state index in [4.69, 9.17) is 14.2 Å². The molecule has 1 atom stereocenters. The molecule has 0 radical (unpaired) electrons. The number of unbranched alkanes of at least 4 members (excludes halogenated alkanes) is 45. The van der Waals surface area contributed by atoms with Gasteiger partial charge in [-0.25, -0.2) is 0 Å². The Morgan fingerprint density at radius 1 is 0.259 bits per heavy atom. The molecule has 0 aliphatic carbocycles. The van der Waals surface area contributed by atoms with Crippen LogP contribution in [0.2, 0.25) is 0 Å². The van der Waals surface area contributed by atoms with Crippen LogP contribution < -0.4 is 0 Å². The van der Waals surface area contributed by atoms with Crippen molar-refractivity contribution in [3.63, 3.8) is 0 Å². The van der Waals surface area contributed by atoms with Crippen molar-refractivity contribution in [1.82, 2.24) is 0 Å². The van der Waals surface area contributed by atoms with Crippen LogP contribution in [0.5, 0.6) is 0 Å². The molecule has 0 heterocycles. The Labute approximate surface area is 504 Å². The second-order valence-corrected chi connectivity index (χ2v) is 24.1. The first kappa shape index (κ1) is 78.1. The molecule has 1 unspecified atom stereocenters. The highest BCUT2D eigenvalue weighted by atomic mass is 16.6. The molecule has 0 aromatic heterocycles. The van der Waals surface area contributed by atoms with Gasteiger partial charge in [0.2, 0.25) is 0 Å². The number of hydrogen-bond acceptors (Lipinski definition) is 6. The van der Waals surface area contributed by atoms with Crippen LogP contribution in [0.15, 0.2) is 60.8 Å². The van der Waals surface area contributed by atoms with Gasteiger partial charge in [0.1, 0.15) is 13.2 Å². The zero-order chi connectivity index (χ0) is 58.5. The monoisotopic (exact) mass is 1130 g/mol. The molecule has 0 aliphatic rings. The van der Waals surface area contributed by atoms with Gasteiger partial charge in [-0.15, -0.1) is 0 Å². The molecule has 472 valence electrons. The van der Waals surface area contributed by atoms with E-state index in [1.165, 1.54) is 244 Å². The first-order valence-electron chi connectivity index (χ1n) is 35.8. The van der Waals surface area contributed by atoms with Gasteiger partial charge in [-0.3, -0.25) is 14.4 Å². The van der Waals surface area contributed by atoms with Gasteiger partial charge in [-0.1, -0.05) is 358 Å². The highest BCUT2D eigenvalue weighted by Crippen LogP contribution is 2.19. The maximum absolute atomic E-state index is 12.9. The lowest BCUT2D eigenvalue weighted by atomic mass is 10.0. The Balaban J connectivity index is 4.30. The summed E-state index contributed by atoms with van der Waals surface area (Å²) in [4.78, 5) is 38.5. The van der Waals surface area contributed by atoms with Crippen LogP contribution in [-0.2, 0) is 28.6 Å². The van der Waals surface area contributed by atoms with Crippen molar-refractivity contribution in [1.29, 1.82) is 0 Å². The number of allylic oxidation sites excluding steroid dienone is 10. The van der Waals surface area contributed by atoms with Crippen LogP contribution >= 0.6 is 0 Å². The van der Waals surface area contributed by atoms with Crippen molar-refractivity contribution in [3.05, 3.63) is 60.8 Å². The molecule has 6 heteroatoms. The molecule has 0 bridgehead atoms. The lowest BCUT2D eigenvalue weighted by Crippen LogP contribution is -2.30. The molecule has 0 saturated heterocycles. The zero-order valence-corrected chi connectivity index (χ0v) is 54.3. The summed E-state index contributed by atoms with van der Waals surface area (Å²) in [5.74, 6) is -0.889. The third kappa shape index (κ3) is 67.8. The van der Waals surface area contributed by atoms with Crippen molar-refractivity contribution < 1.29 is 28.6 Å². The summed E-state index contributed by atoms with van der Waals surface area (Å²) in [6.45, 7) is 6.57. The fourth-order valence-corrected chi connectivity index (χ4v) is 10.7. The van der Waals surface area contributed by atoms with Gasteiger partial charge < -0.3 is 14.2 Å². The Morgan fingerprint density at radius 2 is 0.481 bits per heavy atom. The first-order valence-corrected chi connectivity index (χ1v) is 35.8. The standard InChI is InChI=1S/C75H136O6/c1-4-7-10-13-16-19-22-25-28-31-33-34-35-36-37-38-39-40-42-44-47-50-53-56-59-62-65-68-74(77)80-71-72(70-79-73(76)67-64-61-58-55-52-49-46-43-30-27-24-21-18-15-12-9-6-3)81-75(78)69-66-63-60-57-54-51-48-45-41-32-29-26-23-20-17-14-11-8-5-2/h8,11,17,20,26,29,41,45,51,54,72H,4-7,9-10,12-16,18-19,21-25,27-28,30-40,42-44,46-50,52-53,55-71H2,1-3H3/b11-8-,20-17-,29-26-,45-41-,54-51-. The van der Waals surface area contributed by atoms with Crippen LogP contribution in [0.4, 0.5) is 0 Å². The molecular weight excluding hydrogens is 997 g/mol. The lowest BCUT2D eigenvalue weighted by Gasteiger charge is -2.18. The fraction of sp³-hybridized carbons (Fsp3) is 0.827. The normalized spacial score (nSPS) is 12.4. The average Bonchev–Trinajstić information content (AvgIpc) is 3.47. The Bertz CT molecular complexity index is 1440. The second kappa shape index (κ2) is 69.6. The lowest BCUT2D eigenvalue weighted by molar-refractivity contribution is -0.167. The molecule has 0 fully saturated rings. The molecule has 0 rings (SSSR count). The minimum atomic E-state index is -0.791. The molecule has 0 spiro atoms. The van der Waals surface area contributed by atoms with Gasteiger partial charge in [0.25, 0.3) is 0 Å². The van der Waals surface area contributed by atoms with Crippen molar-refractivity contribution >= 4 is 17.9 Å². The topological polar surface area (TPSA) is 78.9 Å². The third-order valence-corrected chi connectivity index (χ3v) is 16.0. The number of rotatable bonds is 66. The number of esters is 3. The smallest absolute Gasteiger partial charge is 0.306 e. The van der Waals surface area contributed by atoms with Gasteiger partial charge in [0.05, 0.1) is 0 Å². The van der Waals surface area contributed by atoms with Gasteiger partial charge in [0, 0.05) is 19.3 Å². The molecular formula is C75H136O6. The summed E-state index contributed by atoms with van der Waals surface area (Å²) in [6, 6.07) is 0. The molecule has 0 aliphatic heterocycles. The SMILES string of the molecule is CC/C=C\C/C=C\C/C=C\C/C=C\C/C=C\CCCCCC(=O)OC(COC(=O)CCCCCCCCCCCCCCCCCCC)COC(=O)CCCCCCCCCCCCCCCCCCCCCCCCCCCCC. The van der Waals surface area contributed by atoms with Crippen molar-refractivity contribution in [2.45, 2.75) is 386 Å². The summed E-state index contributed by atoms with van der Waals surface area (Å²) in [6.07, 6.45) is 89.7. The Hall–Kier alpha value is -2.89. The minimum absolute atomic E-state index is 0.0828. The summed E-state index contributed by atoms with van der Waals surface area (Å²) < 4.78 is 17.0. The summed E-state index contributed by atoms with van der Waals surface area (Å²) in [5, 5.41) is 0. The molecule has 0 N–H and O–H groups in total. The predicted octanol–water partition coefficient (Wildman–Crippen LogP) is 24.7. The van der Waals surface area contributed by atoms with Gasteiger partial charge in [-0.05, 0) is 64.2 Å².